The number of primary amides is 2. The Balaban J connectivity index is 2.58. The summed E-state index contributed by atoms with van der Waals surface area (Å²) in [5.74, 6) is 0.700. The van der Waals surface area contributed by atoms with Crippen molar-refractivity contribution in [2.24, 2.45) is 11.5 Å². The molecule has 6 heteroatoms. The molecular weight excluding hydrogens is 296 g/mol. The minimum atomic E-state index is -0.335. The Hall–Kier alpha value is -2.24. The van der Waals surface area contributed by atoms with Gasteiger partial charge in [-0.05, 0) is 43.4 Å². The topological polar surface area (TPSA) is 105 Å². The van der Waals surface area contributed by atoms with Crippen LogP contribution in [-0.4, -0.2) is 25.0 Å². The van der Waals surface area contributed by atoms with E-state index in [4.69, 9.17) is 20.9 Å². The zero-order chi connectivity index (χ0) is 17.1. The number of nitrogens with two attached hydrogens (primary N) is 2. The quantitative estimate of drug-likeness (QED) is 0.572. The molecule has 6 nitrogen and oxygen atoms in total. The minimum Gasteiger partial charge on any atom is -0.493 e. The highest BCUT2D eigenvalue weighted by molar-refractivity contribution is 5.73. The van der Waals surface area contributed by atoms with E-state index >= 15 is 0 Å². The lowest BCUT2D eigenvalue weighted by Gasteiger charge is -2.12. The van der Waals surface area contributed by atoms with Gasteiger partial charge in [0.1, 0.15) is 11.5 Å². The summed E-state index contributed by atoms with van der Waals surface area (Å²) >= 11 is 0. The molecule has 0 aliphatic rings. The number of aryl methyl sites for hydroxylation is 1. The Labute approximate surface area is 137 Å². The Kier molecular flexibility index (Phi) is 8.57. The van der Waals surface area contributed by atoms with Crippen molar-refractivity contribution < 1.29 is 19.1 Å². The summed E-state index contributed by atoms with van der Waals surface area (Å²) in [4.78, 5) is 21.4. The average molecular weight is 321 g/mol. The average Bonchev–Trinajstić information content (AvgIpc) is 2.48. The van der Waals surface area contributed by atoms with Crippen LogP contribution in [0.25, 0.3) is 0 Å². The van der Waals surface area contributed by atoms with Crippen molar-refractivity contribution in [2.45, 2.75) is 38.5 Å². The van der Waals surface area contributed by atoms with Gasteiger partial charge in [-0.1, -0.05) is 6.92 Å². The molecule has 0 heterocycles. The zero-order valence-electron chi connectivity index (χ0n) is 13.4. The lowest BCUT2D eigenvalue weighted by molar-refractivity contribution is -0.119. The molecule has 23 heavy (non-hydrogen) atoms. The Morgan fingerprint density at radius 1 is 0.913 bits per heavy atom. The third-order valence-electron chi connectivity index (χ3n) is 3.08. The first-order chi connectivity index (χ1) is 11.0. The van der Waals surface area contributed by atoms with E-state index in [0.29, 0.717) is 50.4 Å². The highest BCUT2D eigenvalue weighted by Gasteiger charge is 2.05. The van der Waals surface area contributed by atoms with Crippen LogP contribution in [0.5, 0.6) is 11.5 Å². The first-order valence-corrected chi connectivity index (χ1v) is 7.76. The molecule has 0 saturated heterocycles. The van der Waals surface area contributed by atoms with E-state index in [2.05, 4.69) is 6.92 Å². The number of hydrogen-bond acceptors (Lipinski definition) is 4. The molecule has 0 aromatic heterocycles. The van der Waals surface area contributed by atoms with E-state index in [1.54, 1.807) is 6.07 Å². The number of carbonyl (C=O) groups excluding carboxylic acids is 2. The molecule has 0 atom stereocenters. The maximum atomic E-state index is 10.7. The smallest absolute Gasteiger partial charge is 0.217 e. The summed E-state index contributed by atoms with van der Waals surface area (Å²) in [6.45, 7) is 4.67. The van der Waals surface area contributed by atoms with Crippen molar-refractivity contribution >= 4 is 11.8 Å². The molecule has 0 saturated carbocycles. The highest BCUT2D eigenvalue weighted by Crippen LogP contribution is 2.24. The van der Waals surface area contributed by atoms with Gasteiger partial charge in [0.05, 0.1) is 13.2 Å². The fourth-order valence-electron chi connectivity index (χ4n) is 2.02. The number of benzene rings is 1. The maximum Gasteiger partial charge on any atom is 0.217 e. The van der Waals surface area contributed by atoms with Gasteiger partial charge in [-0.2, -0.15) is 0 Å². The number of amides is 2. The van der Waals surface area contributed by atoms with E-state index in [1.807, 2.05) is 12.1 Å². The lowest BCUT2D eigenvalue weighted by Crippen LogP contribution is -2.12. The second-order valence-corrected chi connectivity index (χ2v) is 5.25. The van der Waals surface area contributed by atoms with Gasteiger partial charge in [0.25, 0.3) is 0 Å². The molecule has 1 aromatic rings. The van der Waals surface area contributed by atoms with Gasteiger partial charge >= 0.3 is 0 Å². The van der Waals surface area contributed by atoms with Crippen molar-refractivity contribution in [3.63, 3.8) is 0 Å². The molecule has 1 rings (SSSR count). The molecule has 1 aromatic carbocycles. The first-order valence-electron chi connectivity index (χ1n) is 7.76. The summed E-state index contributed by atoms with van der Waals surface area (Å²) < 4.78 is 11.3. The molecule has 2 amide bonds. The molecule has 0 bridgehead atoms. The third-order valence-corrected chi connectivity index (χ3v) is 3.08. The summed E-state index contributed by atoms with van der Waals surface area (Å²) in [5, 5.41) is 0. The van der Waals surface area contributed by atoms with Crippen molar-refractivity contribution in [3.05, 3.63) is 30.7 Å². The van der Waals surface area contributed by atoms with Gasteiger partial charge in [-0.25, -0.2) is 0 Å². The summed E-state index contributed by atoms with van der Waals surface area (Å²) in [7, 11) is 0. The highest BCUT2D eigenvalue weighted by atomic mass is 16.5. The van der Waals surface area contributed by atoms with Crippen molar-refractivity contribution in [1.29, 1.82) is 0 Å². The Morgan fingerprint density at radius 3 is 1.78 bits per heavy atom. The van der Waals surface area contributed by atoms with Gasteiger partial charge in [0, 0.05) is 18.9 Å². The molecule has 1 radical (unpaired) electrons. The van der Waals surface area contributed by atoms with Crippen molar-refractivity contribution in [1.82, 2.24) is 0 Å². The fraction of sp³-hybridized carbons (Fsp3) is 0.471. The first kappa shape index (κ1) is 18.8. The molecular formula is C17H25N2O4. The molecule has 0 fully saturated rings. The van der Waals surface area contributed by atoms with Crippen LogP contribution in [0, 0.1) is 6.92 Å². The Morgan fingerprint density at radius 2 is 1.39 bits per heavy atom. The second-order valence-electron chi connectivity index (χ2n) is 5.25. The van der Waals surface area contributed by atoms with Gasteiger partial charge in [-0.15, -0.1) is 0 Å². The lowest BCUT2D eigenvalue weighted by atomic mass is 10.1. The van der Waals surface area contributed by atoms with E-state index < -0.39 is 0 Å². The van der Waals surface area contributed by atoms with Crippen LogP contribution in [0.3, 0.4) is 0 Å². The number of carbonyl (C=O) groups is 2. The fourth-order valence-corrected chi connectivity index (χ4v) is 2.02. The summed E-state index contributed by atoms with van der Waals surface area (Å²) in [5.41, 5.74) is 11.3. The summed E-state index contributed by atoms with van der Waals surface area (Å²) in [6, 6.07) is 5.67. The van der Waals surface area contributed by atoms with E-state index in [1.165, 1.54) is 0 Å². The minimum absolute atomic E-state index is 0.301. The monoisotopic (exact) mass is 321 g/mol. The van der Waals surface area contributed by atoms with E-state index in [9.17, 15) is 9.59 Å². The Bertz CT molecular complexity index is 477. The van der Waals surface area contributed by atoms with Crippen LogP contribution in [-0.2, 0) is 16.0 Å². The maximum absolute atomic E-state index is 10.7. The van der Waals surface area contributed by atoms with Gasteiger partial charge in [-0.3, -0.25) is 9.59 Å². The molecule has 0 aliphatic heterocycles. The molecule has 0 spiro atoms. The van der Waals surface area contributed by atoms with Crippen LogP contribution in [0.4, 0.5) is 0 Å². The number of hydrogen-bond donors (Lipinski definition) is 2. The number of rotatable bonds is 12. The van der Waals surface area contributed by atoms with Crippen LogP contribution >= 0.6 is 0 Å². The van der Waals surface area contributed by atoms with Crippen LogP contribution in [0.1, 0.15) is 37.7 Å². The molecule has 0 aliphatic carbocycles. The van der Waals surface area contributed by atoms with Gasteiger partial charge in [0.2, 0.25) is 11.8 Å². The largest absolute Gasteiger partial charge is 0.493 e. The van der Waals surface area contributed by atoms with Crippen LogP contribution < -0.4 is 20.9 Å². The van der Waals surface area contributed by atoms with Gasteiger partial charge in [0.15, 0.2) is 0 Å². The van der Waals surface area contributed by atoms with Crippen molar-refractivity contribution in [2.75, 3.05) is 13.2 Å². The third kappa shape index (κ3) is 8.70. The van der Waals surface area contributed by atoms with Crippen LogP contribution in [0.2, 0.25) is 0 Å². The summed E-state index contributed by atoms with van der Waals surface area (Å²) in [6.07, 6.45) is 3.33. The normalized spacial score (nSPS) is 10.3. The molecule has 4 N–H and O–H groups in total. The number of ether oxygens (including phenoxy) is 2. The van der Waals surface area contributed by atoms with Gasteiger partial charge < -0.3 is 20.9 Å². The predicted molar refractivity (Wildman–Crippen MR) is 88.0 cm³/mol. The molecule has 127 valence electrons. The van der Waals surface area contributed by atoms with Crippen LogP contribution in [0.15, 0.2) is 18.2 Å². The SMILES string of the molecule is [CH2]CCc1cc(OCCCC(N)=O)cc(OCCCC(N)=O)c1. The zero-order valence-corrected chi connectivity index (χ0v) is 13.4. The van der Waals surface area contributed by atoms with E-state index in [-0.39, 0.29) is 11.8 Å². The predicted octanol–water partition coefficient (Wildman–Crippen LogP) is 1.74. The van der Waals surface area contributed by atoms with E-state index in [0.717, 1.165) is 18.4 Å². The molecule has 0 unspecified atom stereocenters. The van der Waals surface area contributed by atoms with Crippen molar-refractivity contribution in [3.8, 4) is 11.5 Å². The standard InChI is InChI=1S/C17H25N2O4/c1-2-5-13-10-14(22-8-3-6-16(18)20)12-15(11-13)23-9-4-7-17(19)21/h10-12H,1-9H2,(H2,18,20)(H2,19,21). The second kappa shape index (κ2) is 10.5.